The Morgan fingerprint density at radius 2 is 1.57 bits per heavy atom. The fraction of sp³-hybridized carbons (Fsp3) is 0.364. The van der Waals surface area contributed by atoms with Gasteiger partial charge >= 0.3 is 0 Å². The monoisotopic (exact) mass is 500 g/mol. The van der Waals surface area contributed by atoms with Crippen molar-refractivity contribution in [3.63, 3.8) is 0 Å². The van der Waals surface area contributed by atoms with Gasteiger partial charge in [-0.2, -0.15) is 0 Å². The molecule has 0 bridgehead atoms. The Morgan fingerprint density at radius 3 is 2.11 bits per heavy atom. The summed E-state index contributed by atoms with van der Waals surface area (Å²) in [5, 5.41) is 23.6. The zero-order chi connectivity index (χ0) is 27.5. The molecule has 0 amide bonds. The Balaban J connectivity index is 2.51. The van der Waals surface area contributed by atoms with Crippen molar-refractivity contribution >= 4 is 16.6 Å². The van der Waals surface area contributed by atoms with E-state index in [2.05, 4.69) is 24.8 Å². The fourth-order valence-corrected chi connectivity index (χ4v) is 5.00. The quantitative estimate of drug-likeness (QED) is 0.340. The molecular weight excluding hydrogens is 460 g/mol. The molecule has 1 aliphatic rings. The zero-order valence-corrected chi connectivity index (χ0v) is 23.3. The molecule has 0 aromatic heterocycles. The number of phenolic OH excluding ortho intramolecular Hbond substituents is 2. The van der Waals surface area contributed by atoms with Crippen molar-refractivity contribution < 1.29 is 19.7 Å². The number of ether oxygens (including phenoxy) is 1. The molecule has 196 valence electrons. The summed E-state index contributed by atoms with van der Waals surface area (Å²) in [6.07, 6.45) is 11.5. The number of benzene rings is 2. The highest BCUT2D eigenvalue weighted by Gasteiger charge is 2.44. The first-order valence-corrected chi connectivity index (χ1v) is 12.8. The van der Waals surface area contributed by atoms with E-state index in [-0.39, 0.29) is 29.5 Å². The second-order valence-electron chi connectivity index (χ2n) is 10.8. The van der Waals surface area contributed by atoms with Crippen LogP contribution < -0.4 is 0 Å². The van der Waals surface area contributed by atoms with E-state index in [0.29, 0.717) is 30.4 Å². The molecule has 37 heavy (non-hydrogen) atoms. The van der Waals surface area contributed by atoms with Crippen LogP contribution in [-0.4, -0.2) is 22.6 Å². The van der Waals surface area contributed by atoms with Gasteiger partial charge in [-0.1, -0.05) is 47.6 Å². The molecule has 2 aromatic rings. The predicted octanol–water partition coefficient (Wildman–Crippen LogP) is 8.30. The van der Waals surface area contributed by atoms with E-state index in [9.17, 15) is 15.0 Å². The summed E-state index contributed by atoms with van der Waals surface area (Å²) in [7, 11) is 0. The van der Waals surface area contributed by atoms with Gasteiger partial charge in [0.05, 0.1) is 16.4 Å². The molecule has 4 heteroatoms. The van der Waals surface area contributed by atoms with Crippen LogP contribution in [0.15, 0.2) is 71.6 Å². The van der Waals surface area contributed by atoms with Crippen LogP contribution in [0.25, 0.3) is 10.8 Å². The average Bonchev–Trinajstić information content (AvgIpc) is 2.80. The highest BCUT2D eigenvalue weighted by Crippen LogP contribution is 2.51. The SMILES string of the molecule is C=CCOC1=CC(=O)c2c(cc3c(CC=C(C)C)c(C)cc(O)c3c2O)C1(CC=C(C)C)CC=C(C)C. The van der Waals surface area contributed by atoms with Gasteiger partial charge in [-0.25, -0.2) is 0 Å². The number of hydrogen-bond donors (Lipinski definition) is 2. The van der Waals surface area contributed by atoms with Gasteiger partial charge < -0.3 is 14.9 Å². The van der Waals surface area contributed by atoms with Gasteiger partial charge in [0.25, 0.3) is 0 Å². The summed E-state index contributed by atoms with van der Waals surface area (Å²) in [6.45, 7) is 18.3. The van der Waals surface area contributed by atoms with Crippen molar-refractivity contribution in [2.75, 3.05) is 6.61 Å². The van der Waals surface area contributed by atoms with Gasteiger partial charge in [0.2, 0.25) is 0 Å². The minimum Gasteiger partial charge on any atom is -0.507 e. The first kappa shape index (κ1) is 28.0. The van der Waals surface area contributed by atoms with E-state index in [0.717, 1.165) is 33.2 Å². The van der Waals surface area contributed by atoms with Crippen LogP contribution >= 0.6 is 0 Å². The van der Waals surface area contributed by atoms with Crippen LogP contribution in [0.5, 0.6) is 11.5 Å². The van der Waals surface area contributed by atoms with Gasteiger partial charge in [0.15, 0.2) is 5.78 Å². The van der Waals surface area contributed by atoms with E-state index in [4.69, 9.17) is 4.74 Å². The van der Waals surface area contributed by atoms with Crippen molar-refractivity contribution in [3.05, 3.63) is 93.8 Å². The molecule has 0 heterocycles. The van der Waals surface area contributed by atoms with Gasteiger partial charge in [-0.15, -0.1) is 0 Å². The number of fused-ring (bicyclic) bond motifs is 2. The van der Waals surface area contributed by atoms with E-state index in [1.54, 1.807) is 12.1 Å². The molecule has 0 aliphatic heterocycles. The van der Waals surface area contributed by atoms with E-state index in [1.807, 2.05) is 54.5 Å². The van der Waals surface area contributed by atoms with Crippen molar-refractivity contribution in [1.82, 2.24) is 0 Å². The topological polar surface area (TPSA) is 66.8 Å². The Kier molecular flexibility index (Phi) is 8.53. The van der Waals surface area contributed by atoms with E-state index < -0.39 is 5.41 Å². The second-order valence-corrected chi connectivity index (χ2v) is 10.8. The van der Waals surface area contributed by atoms with Crippen molar-refractivity contribution in [2.24, 2.45) is 0 Å². The summed E-state index contributed by atoms with van der Waals surface area (Å²) in [6, 6.07) is 3.68. The summed E-state index contributed by atoms with van der Waals surface area (Å²) in [4.78, 5) is 13.5. The Hall–Kier alpha value is -3.53. The molecule has 3 rings (SSSR count). The standard InChI is InChI=1S/C33H40O4/c1-9-16-37-29-19-28(35)31-26(33(29,14-12-21(4)5)15-13-22(6)7)18-25-24(11-10-20(2)3)23(8)17-27(34)30(25)32(31)36/h9-10,12-13,17-19,34,36H,1,11,14-16H2,2-8H3. The molecule has 0 fully saturated rings. The molecule has 0 saturated heterocycles. The van der Waals surface area contributed by atoms with Crippen LogP contribution in [0.1, 0.15) is 81.4 Å². The molecule has 0 saturated carbocycles. The summed E-state index contributed by atoms with van der Waals surface area (Å²) >= 11 is 0. The Bertz CT molecular complexity index is 1330. The lowest BCUT2D eigenvalue weighted by Crippen LogP contribution is -2.35. The van der Waals surface area contributed by atoms with Crippen molar-refractivity contribution in [2.45, 2.75) is 73.1 Å². The van der Waals surface area contributed by atoms with Gasteiger partial charge in [-0.05, 0) is 102 Å². The molecule has 0 atom stereocenters. The molecule has 2 aromatic carbocycles. The van der Waals surface area contributed by atoms with Gasteiger partial charge in [0.1, 0.15) is 23.9 Å². The molecule has 4 nitrogen and oxygen atoms in total. The van der Waals surface area contributed by atoms with Gasteiger partial charge in [0, 0.05) is 6.08 Å². The Labute approximate surface area is 221 Å². The second kappa shape index (κ2) is 11.2. The third kappa shape index (κ3) is 5.58. The zero-order valence-electron chi connectivity index (χ0n) is 23.3. The molecule has 0 unspecified atom stereocenters. The summed E-state index contributed by atoms with van der Waals surface area (Å²) in [5.41, 5.74) is 5.68. The highest BCUT2D eigenvalue weighted by atomic mass is 16.5. The number of allylic oxidation sites excluding steroid dienone is 8. The van der Waals surface area contributed by atoms with Crippen LogP contribution in [0, 0.1) is 6.92 Å². The molecule has 2 N–H and O–H groups in total. The van der Waals surface area contributed by atoms with Crippen LogP contribution in [0.4, 0.5) is 0 Å². The lowest BCUT2D eigenvalue weighted by Gasteiger charge is -2.39. The molecular formula is C33H40O4. The van der Waals surface area contributed by atoms with Crippen molar-refractivity contribution in [3.8, 4) is 11.5 Å². The third-order valence-electron chi connectivity index (χ3n) is 7.00. The van der Waals surface area contributed by atoms with E-state index in [1.165, 1.54) is 11.6 Å². The molecule has 1 aliphatic carbocycles. The van der Waals surface area contributed by atoms with Crippen LogP contribution in [0.3, 0.4) is 0 Å². The number of aromatic hydroxyl groups is 2. The summed E-state index contributed by atoms with van der Waals surface area (Å²) < 4.78 is 6.17. The summed E-state index contributed by atoms with van der Waals surface area (Å²) in [5.74, 6) is 0.0374. The van der Waals surface area contributed by atoms with Gasteiger partial charge in [-0.3, -0.25) is 4.79 Å². The average molecular weight is 501 g/mol. The third-order valence-corrected chi connectivity index (χ3v) is 7.00. The lowest BCUT2D eigenvalue weighted by atomic mass is 9.66. The smallest absolute Gasteiger partial charge is 0.193 e. The first-order chi connectivity index (χ1) is 17.4. The number of aryl methyl sites for hydroxylation is 1. The Morgan fingerprint density at radius 1 is 0.973 bits per heavy atom. The highest BCUT2D eigenvalue weighted by molar-refractivity contribution is 6.15. The van der Waals surface area contributed by atoms with Crippen LogP contribution in [-0.2, 0) is 16.6 Å². The number of ketones is 1. The maximum Gasteiger partial charge on any atom is 0.193 e. The lowest BCUT2D eigenvalue weighted by molar-refractivity contribution is 0.101. The fourth-order valence-electron chi connectivity index (χ4n) is 5.00. The minimum atomic E-state index is -0.709. The molecule has 0 spiro atoms. The maximum atomic E-state index is 13.5. The van der Waals surface area contributed by atoms with Crippen LogP contribution in [0.2, 0.25) is 0 Å². The van der Waals surface area contributed by atoms with E-state index >= 15 is 0 Å². The number of carbonyl (C=O) groups excluding carboxylic acids is 1. The minimum absolute atomic E-state index is 0.0292. The molecule has 0 radical (unpaired) electrons. The number of phenols is 2. The first-order valence-electron chi connectivity index (χ1n) is 12.8. The number of carbonyl (C=O) groups is 1. The van der Waals surface area contributed by atoms with Crippen molar-refractivity contribution in [1.29, 1.82) is 0 Å². The number of rotatable bonds is 9. The maximum absolute atomic E-state index is 13.5. The number of hydrogen-bond acceptors (Lipinski definition) is 4. The largest absolute Gasteiger partial charge is 0.507 e. The normalized spacial score (nSPS) is 13.9. The predicted molar refractivity (Wildman–Crippen MR) is 153 cm³/mol.